The van der Waals surface area contributed by atoms with Crippen LogP contribution in [0.25, 0.3) is 0 Å². The highest BCUT2D eigenvalue weighted by Crippen LogP contribution is 2.36. The van der Waals surface area contributed by atoms with Crippen molar-refractivity contribution in [1.29, 1.82) is 0 Å². The molecule has 0 aromatic carbocycles. The largest absolute Gasteiger partial charge is 0.348 e. The van der Waals surface area contributed by atoms with Crippen molar-refractivity contribution in [2.75, 3.05) is 0 Å². The summed E-state index contributed by atoms with van der Waals surface area (Å²) < 4.78 is 0. The lowest BCUT2D eigenvalue weighted by Gasteiger charge is -2.17. The first-order valence-corrected chi connectivity index (χ1v) is 5.64. The van der Waals surface area contributed by atoms with Crippen molar-refractivity contribution in [3.05, 3.63) is 24.3 Å². The number of aromatic nitrogens is 2. The van der Waals surface area contributed by atoms with Gasteiger partial charge in [-0.25, -0.2) is 4.98 Å². The molecule has 0 radical (unpaired) electrons. The Morgan fingerprint density at radius 1 is 1.50 bits per heavy atom. The predicted molar refractivity (Wildman–Crippen MR) is 60.9 cm³/mol. The molecule has 2 rings (SSSR count). The fourth-order valence-corrected chi connectivity index (χ4v) is 2.24. The Kier molecular flexibility index (Phi) is 2.90. The number of nitrogens with one attached hydrogen (secondary N) is 1. The van der Waals surface area contributed by atoms with Crippen LogP contribution in [0.1, 0.15) is 43.6 Å². The van der Waals surface area contributed by atoms with Gasteiger partial charge in [0, 0.05) is 18.4 Å². The summed E-state index contributed by atoms with van der Waals surface area (Å²) in [5.74, 6) is -0.115. The van der Waals surface area contributed by atoms with Gasteiger partial charge < -0.3 is 5.32 Å². The summed E-state index contributed by atoms with van der Waals surface area (Å²) >= 11 is 0. The number of carbonyl (C=O) groups excluding carboxylic acids is 1. The van der Waals surface area contributed by atoms with Crippen LogP contribution in [0, 0.1) is 5.41 Å². The van der Waals surface area contributed by atoms with Crippen LogP contribution in [-0.2, 0) is 0 Å². The quantitative estimate of drug-likeness (QED) is 0.825. The molecule has 1 aromatic rings. The number of amides is 1. The molecule has 1 fully saturated rings. The Bertz CT molecular complexity index is 375. The monoisotopic (exact) mass is 219 g/mol. The molecule has 1 unspecified atom stereocenters. The number of rotatable bonds is 2. The topological polar surface area (TPSA) is 54.9 Å². The molecule has 0 bridgehead atoms. The van der Waals surface area contributed by atoms with Crippen LogP contribution in [0.3, 0.4) is 0 Å². The normalized spacial score (nSPS) is 23.0. The van der Waals surface area contributed by atoms with E-state index in [0.29, 0.717) is 11.1 Å². The molecule has 4 nitrogen and oxygen atoms in total. The van der Waals surface area contributed by atoms with Crippen molar-refractivity contribution >= 4 is 5.91 Å². The lowest BCUT2D eigenvalue weighted by Crippen LogP contribution is -2.34. The highest BCUT2D eigenvalue weighted by atomic mass is 16.1. The van der Waals surface area contributed by atoms with Crippen LogP contribution in [0.5, 0.6) is 0 Å². The van der Waals surface area contributed by atoms with Gasteiger partial charge in [-0.1, -0.05) is 13.8 Å². The molecule has 1 aliphatic rings. The van der Waals surface area contributed by atoms with E-state index in [1.54, 1.807) is 6.20 Å². The zero-order valence-corrected chi connectivity index (χ0v) is 9.73. The highest BCUT2D eigenvalue weighted by Gasteiger charge is 2.31. The first kappa shape index (κ1) is 11.0. The molecule has 86 valence electrons. The first-order valence-electron chi connectivity index (χ1n) is 5.64. The maximum absolute atomic E-state index is 11.8. The lowest BCUT2D eigenvalue weighted by molar-refractivity contribution is 0.0930. The molecule has 1 N–H and O–H groups in total. The molecule has 4 heteroatoms. The van der Waals surface area contributed by atoms with E-state index in [2.05, 4.69) is 29.1 Å². The van der Waals surface area contributed by atoms with Gasteiger partial charge in [0.25, 0.3) is 5.91 Å². The van der Waals surface area contributed by atoms with Gasteiger partial charge in [-0.2, -0.15) is 0 Å². The first-order chi connectivity index (χ1) is 7.57. The zero-order chi connectivity index (χ0) is 11.6. The van der Waals surface area contributed by atoms with E-state index in [9.17, 15) is 4.79 Å². The summed E-state index contributed by atoms with van der Waals surface area (Å²) in [4.78, 5) is 19.7. The number of nitrogens with zero attached hydrogens (tertiary/aromatic N) is 2. The second-order valence-corrected chi connectivity index (χ2v) is 5.17. The van der Waals surface area contributed by atoms with Crippen LogP contribution in [0.2, 0.25) is 0 Å². The van der Waals surface area contributed by atoms with Crippen LogP contribution in [0.4, 0.5) is 0 Å². The van der Waals surface area contributed by atoms with Gasteiger partial charge >= 0.3 is 0 Å². The number of hydrogen-bond donors (Lipinski definition) is 1. The maximum atomic E-state index is 11.8. The summed E-state index contributed by atoms with van der Waals surface area (Å²) in [6, 6.07) is 0.282. The average molecular weight is 219 g/mol. The summed E-state index contributed by atoms with van der Waals surface area (Å²) in [5.41, 5.74) is 0.743. The second-order valence-electron chi connectivity index (χ2n) is 5.17. The van der Waals surface area contributed by atoms with E-state index in [4.69, 9.17) is 0 Å². The van der Waals surface area contributed by atoms with Gasteiger partial charge in [-0.05, 0) is 24.7 Å². The molecule has 0 saturated heterocycles. The molecule has 1 aliphatic carbocycles. The molecule has 1 heterocycles. The van der Waals surface area contributed by atoms with Gasteiger partial charge in [0.05, 0.1) is 6.20 Å². The van der Waals surface area contributed by atoms with Gasteiger partial charge in [-0.15, -0.1) is 0 Å². The number of hydrogen-bond acceptors (Lipinski definition) is 3. The minimum absolute atomic E-state index is 0.115. The number of carbonyl (C=O) groups is 1. The molecule has 1 amide bonds. The molecule has 0 aliphatic heterocycles. The molecule has 1 aromatic heterocycles. The van der Waals surface area contributed by atoms with Crippen LogP contribution in [0.15, 0.2) is 18.6 Å². The smallest absolute Gasteiger partial charge is 0.271 e. The standard InChI is InChI=1S/C12H17N3O/c1-12(2)4-3-9(7-12)15-11(16)10-8-13-5-6-14-10/h5-6,8-9H,3-4,7H2,1-2H3,(H,15,16). The van der Waals surface area contributed by atoms with Crippen LogP contribution < -0.4 is 5.32 Å². The van der Waals surface area contributed by atoms with E-state index < -0.39 is 0 Å². The summed E-state index contributed by atoms with van der Waals surface area (Å²) in [6.45, 7) is 4.48. The summed E-state index contributed by atoms with van der Waals surface area (Å²) in [5, 5.41) is 3.01. The fourth-order valence-electron chi connectivity index (χ4n) is 2.24. The van der Waals surface area contributed by atoms with Gasteiger partial charge in [0.1, 0.15) is 5.69 Å². The third-order valence-electron chi connectivity index (χ3n) is 3.10. The van der Waals surface area contributed by atoms with Crippen LogP contribution in [-0.4, -0.2) is 21.9 Å². The second kappa shape index (κ2) is 4.20. The Hall–Kier alpha value is -1.45. The molecule has 1 atom stereocenters. The Morgan fingerprint density at radius 3 is 2.88 bits per heavy atom. The molecular formula is C12H17N3O. The molecular weight excluding hydrogens is 202 g/mol. The van der Waals surface area contributed by atoms with E-state index in [1.807, 2.05) is 0 Å². The maximum Gasteiger partial charge on any atom is 0.271 e. The SMILES string of the molecule is CC1(C)CCC(NC(=O)c2cnccn2)C1. The Labute approximate surface area is 95.5 Å². The summed E-state index contributed by atoms with van der Waals surface area (Å²) in [7, 11) is 0. The molecule has 0 spiro atoms. The van der Waals surface area contributed by atoms with Crippen molar-refractivity contribution in [1.82, 2.24) is 15.3 Å². The van der Waals surface area contributed by atoms with Crippen LogP contribution >= 0.6 is 0 Å². The van der Waals surface area contributed by atoms with Gasteiger partial charge in [-0.3, -0.25) is 9.78 Å². The van der Waals surface area contributed by atoms with Crippen molar-refractivity contribution < 1.29 is 4.79 Å². The zero-order valence-electron chi connectivity index (χ0n) is 9.73. The Balaban J connectivity index is 1.94. The fraction of sp³-hybridized carbons (Fsp3) is 0.583. The lowest BCUT2D eigenvalue weighted by atomic mass is 9.92. The third kappa shape index (κ3) is 2.56. The van der Waals surface area contributed by atoms with Crippen molar-refractivity contribution in [3.63, 3.8) is 0 Å². The van der Waals surface area contributed by atoms with Crippen molar-refractivity contribution in [2.45, 2.75) is 39.2 Å². The Morgan fingerprint density at radius 2 is 2.31 bits per heavy atom. The highest BCUT2D eigenvalue weighted by molar-refractivity contribution is 5.92. The van der Waals surface area contributed by atoms with E-state index >= 15 is 0 Å². The third-order valence-corrected chi connectivity index (χ3v) is 3.10. The van der Waals surface area contributed by atoms with Gasteiger partial charge in [0.15, 0.2) is 0 Å². The van der Waals surface area contributed by atoms with Crippen molar-refractivity contribution in [2.24, 2.45) is 5.41 Å². The average Bonchev–Trinajstić information content (AvgIpc) is 2.59. The van der Waals surface area contributed by atoms with E-state index in [0.717, 1.165) is 12.8 Å². The van der Waals surface area contributed by atoms with E-state index in [1.165, 1.54) is 18.8 Å². The molecule has 1 saturated carbocycles. The van der Waals surface area contributed by atoms with Crippen molar-refractivity contribution in [3.8, 4) is 0 Å². The minimum atomic E-state index is -0.115. The predicted octanol–water partition coefficient (Wildman–Crippen LogP) is 1.79. The van der Waals surface area contributed by atoms with Gasteiger partial charge in [0.2, 0.25) is 0 Å². The minimum Gasteiger partial charge on any atom is -0.348 e. The van der Waals surface area contributed by atoms with E-state index in [-0.39, 0.29) is 11.9 Å². The molecule has 16 heavy (non-hydrogen) atoms. The summed E-state index contributed by atoms with van der Waals surface area (Å²) in [6.07, 6.45) is 7.86.